The fourth-order valence-corrected chi connectivity index (χ4v) is 1.32. The first-order chi connectivity index (χ1) is 5.86. The Kier molecular flexibility index (Phi) is 1.91. The summed E-state index contributed by atoms with van der Waals surface area (Å²) in [6.45, 7) is 0.808. The Morgan fingerprint density at radius 3 is 3.17 bits per heavy atom. The van der Waals surface area contributed by atoms with Crippen LogP contribution >= 0.6 is 0 Å². The zero-order valence-electron chi connectivity index (χ0n) is 6.73. The van der Waals surface area contributed by atoms with Gasteiger partial charge in [0.2, 0.25) is 0 Å². The van der Waals surface area contributed by atoms with Crippen LogP contribution < -0.4 is 5.73 Å². The molecule has 1 unspecified atom stereocenters. The van der Waals surface area contributed by atoms with E-state index >= 15 is 0 Å². The zero-order valence-corrected chi connectivity index (χ0v) is 6.73. The largest absolute Gasteiger partial charge is 0.384 e. The minimum Gasteiger partial charge on any atom is -0.384 e. The van der Waals surface area contributed by atoms with Crippen LogP contribution in [0.15, 0.2) is 12.3 Å². The quantitative estimate of drug-likeness (QED) is 0.671. The van der Waals surface area contributed by atoms with E-state index in [1.807, 2.05) is 0 Å². The van der Waals surface area contributed by atoms with Crippen molar-refractivity contribution in [1.82, 2.24) is 9.97 Å². The van der Waals surface area contributed by atoms with Crippen molar-refractivity contribution in [2.75, 3.05) is 12.3 Å². The summed E-state index contributed by atoms with van der Waals surface area (Å²) in [7, 11) is 0. The van der Waals surface area contributed by atoms with Crippen molar-refractivity contribution in [3.8, 4) is 0 Å². The topological polar surface area (TPSA) is 61.0 Å². The maximum Gasteiger partial charge on any atom is 0.159 e. The Balaban J connectivity index is 2.21. The number of anilines is 1. The normalized spacial score (nSPS) is 22.8. The minimum absolute atomic E-state index is 0.0634. The van der Waals surface area contributed by atoms with Crippen molar-refractivity contribution in [2.45, 2.75) is 18.9 Å². The molecule has 0 spiro atoms. The second kappa shape index (κ2) is 3.06. The third-order valence-corrected chi connectivity index (χ3v) is 1.91. The van der Waals surface area contributed by atoms with E-state index in [1.165, 1.54) is 0 Å². The van der Waals surface area contributed by atoms with Crippen LogP contribution in [0.2, 0.25) is 0 Å². The summed E-state index contributed by atoms with van der Waals surface area (Å²) in [5.74, 6) is 1.23. The molecule has 0 bridgehead atoms. The number of ether oxygens (including phenoxy) is 1. The summed E-state index contributed by atoms with van der Waals surface area (Å²) in [4.78, 5) is 8.20. The molecule has 1 atom stereocenters. The summed E-state index contributed by atoms with van der Waals surface area (Å²) in [5.41, 5.74) is 5.52. The van der Waals surface area contributed by atoms with E-state index in [-0.39, 0.29) is 6.10 Å². The molecule has 4 heteroatoms. The van der Waals surface area contributed by atoms with Gasteiger partial charge in [0, 0.05) is 12.8 Å². The van der Waals surface area contributed by atoms with Crippen LogP contribution in [0.4, 0.5) is 5.82 Å². The van der Waals surface area contributed by atoms with Crippen molar-refractivity contribution >= 4 is 5.82 Å². The maximum absolute atomic E-state index is 5.52. The average Bonchev–Trinajstić information content (AvgIpc) is 2.56. The van der Waals surface area contributed by atoms with Gasteiger partial charge in [-0.05, 0) is 18.9 Å². The maximum atomic E-state index is 5.52. The molecule has 2 heterocycles. The van der Waals surface area contributed by atoms with Gasteiger partial charge in [-0.15, -0.1) is 0 Å². The fraction of sp³-hybridized carbons (Fsp3) is 0.500. The standard InChI is InChI=1S/C8H11N3O/c9-7-3-4-10-8(11-7)6-2-1-5-12-6/h3-4,6H,1-2,5H2,(H2,9,10,11). The fourth-order valence-electron chi connectivity index (χ4n) is 1.32. The van der Waals surface area contributed by atoms with Crippen molar-refractivity contribution in [3.05, 3.63) is 18.1 Å². The Morgan fingerprint density at radius 1 is 1.58 bits per heavy atom. The molecule has 0 aromatic carbocycles. The van der Waals surface area contributed by atoms with Crippen LogP contribution in [-0.2, 0) is 4.74 Å². The van der Waals surface area contributed by atoms with Gasteiger partial charge in [0.1, 0.15) is 11.9 Å². The van der Waals surface area contributed by atoms with E-state index in [1.54, 1.807) is 12.3 Å². The number of hydrogen-bond donors (Lipinski definition) is 1. The Bertz CT molecular complexity index is 271. The lowest BCUT2D eigenvalue weighted by molar-refractivity contribution is 0.105. The Hall–Kier alpha value is -1.16. The molecule has 64 valence electrons. The summed E-state index contributed by atoms with van der Waals surface area (Å²) in [6.07, 6.45) is 3.82. The van der Waals surface area contributed by atoms with Gasteiger partial charge in [0.15, 0.2) is 5.82 Å². The smallest absolute Gasteiger partial charge is 0.159 e. The molecule has 0 amide bonds. The second-order valence-corrected chi connectivity index (χ2v) is 2.84. The highest BCUT2D eigenvalue weighted by molar-refractivity contribution is 5.25. The molecule has 2 N–H and O–H groups in total. The van der Waals surface area contributed by atoms with Crippen LogP contribution in [-0.4, -0.2) is 16.6 Å². The molecule has 1 aliphatic rings. The molecular formula is C8H11N3O. The zero-order chi connectivity index (χ0) is 8.39. The summed E-state index contributed by atoms with van der Waals surface area (Å²) < 4.78 is 5.41. The second-order valence-electron chi connectivity index (χ2n) is 2.84. The lowest BCUT2D eigenvalue weighted by atomic mass is 10.2. The van der Waals surface area contributed by atoms with Crippen molar-refractivity contribution in [1.29, 1.82) is 0 Å². The van der Waals surface area contributed by atoms with Gasteiger partial charge in [-0.25, -0.2) is 9.97 Å². The van der Waals surface area contributed by atoms with Gasteiger partial charge < -0.3 is 10.5 Å². The molecule has 0 radical (unpaired) electrons. The van der Waals surface area contributed by atoms with E-state index in [9.17, 15) is 0 Å². The van der Waals surface area contributed by atoms with Gasteiger partial charge in [-0.3, -0.25) is 0 Å². The van der Waals surface area contributed by atoms with Gasteiger partial charge in [0.05, 0.1) is 0 Å². The lowest BCUT2D eigenvalue weighted by Crippen LogP contribution is -2.04. The number of aromatic nitrogens is 2. The molecule has 1 aromatic rings. The van der Waals surface area contributed by atoms with Crippen molar-refractivity contribution < 1.29 is 4.74 Å². The summed E-state index contributed by atoms with van der Waals surface area (Å²) in [5, 5.41) is 0. The molecule has 1 saturated heterocycles. The van der Waals surface area contributed by atoms with E-state index < -0.39 is 0 Å². The molecule has 12 heavy (non-hydrogen) atoms. The van der Waals surface area contributed by atoms with E-state index in [2.05, 4.69) is 9.97 Å². The Morgan fingerprint density at radius 2 is 2.50 bits per heavy atom. The Labute approximate surface area is 70.8 Å². The number of nitrogens with two attached hydrogens (primary N) is 1. The first kappa shape index (κ1) is 7.49. The third-order valence-electron chi connectivity index (χ3n) is 1.91. The van der Waals surface area contributed by atoms with Gasteiger partial charge in [-0.2, -0.15) is 0 Å². The van der Waals surface area contributed by atoms with Gasteiger partial charge in [0.25, 0.3) is 0 Å². The molecule has 2 rings (SSSR count). The molecule has 0 saturated carbocycles. The summed E-state index contributed by atoms with van der Waals surface area (Å²) >= 11 is 0. The first-order valence-electron chi connectivity index (χ1n) is 4.06. The highest BCUT2D eigenvalue weighted by Gasteiger charge is 2.19. The van der Waals surface area contributed by atoms with Crippen molar-refractivity contribution in [3.63, 3.8) is 0 Å². The highest BCUT2D eigenvalue weighted by Crippen LogP contribution is 2.25. The SMILES string of the molecule is Nc1ccnc(C2CCCO2)n1. The predicted octanol–water partition coefficient (Wildman–Crippen LogP) is 0.910. The van der Waals surface area contributed by atoms with E-state index in [0.29, 0.717) is 11.6 Å². The molecule has 1 aromatic heterocycles. The molecule has 4 nitrogen and oxygen atoms in total. The van der Waals surface area contributed by atoms with Gasteiger partial charge in [-0.1, -0.05) is 0 Å². The highest BCUT2D eigenvalue weighted by atomic mass is 16.5. The van der Waals surface area contributed by atoms with Crippen LogP contribution in [0.1, 0.15) is 24.8 Å². The number of nitrogen functional groups attached to an aromatic ring is 1. The lowest BCUT2D eigenvalue weighted by Gasteiger charge is -2.06. The number of hydrogen-bond acceptors (Lipinski definition) is 4. The predicted molar refractivity (Wildman–Crippen MR) is 44.4 cm³/mol. The first-order valence-corrected chi connectivity index (χ1v) is 4.06. The summed E-state index contributed by atoms with van der Waals surface area (Å²) in [6, 6.07) is 1.68. The molecule has 1 fully saturated rings. The van der Waals surface area contributed by atoms with E-state index in [0.717, 1.165) is 19.4 Å². The van der Waals surface area contributed by atoms with Crippen LogP contribution in [0.3, 0.4) is 0 Å². The average molecular weight is 165 g/mol. The molecular weight excluding hydrogens is 154 g/mol. The van der Waals surface area contributed by atoms with Crippen LogP contribution in [0.25, 0.3) is 0 Å². The number of nitrogens with zero attached hydrogens (tertiary/aromatic N) is 2. The van der Waals surface area contributed by atoms with E-state index in [4.69, 9.17) is 10.5 Å². The number of rotatable bonds is 1. The molecule has 1 aliphatic heterocycles. The minimum atomic E-state index is 0.0634. The van der Waals surface area contributed by atoms with Crippen LogP contribution in [0.5, 0.6) is 0 Å². The third kappa shape index (κ3) is 1.38. The van der Waals surface area contributed by atoms with Crippen molar-refractivity contribution in [2.24, 2.45) is 0 Å². The monoisotopic (exact) mass is 165 g/mol. The van der Waals surface area contributed by atoms with Gasteiger partial charge >= 0.3 is 0 Å². The van der Waals surface area contributed by atoms with Crippen LogP contribution in [0, 0.1) is 0 Å². The molecule has 0 aliphatic carbocycles.